The van der Waals surface area contributed by atoms with Crippen molar-refractivity contribution >= 4 is 15.9 Å². The minimum Gasteiger partial charge on any atom is -0.377 e. The van der Waals surface area contributed by atoms with E-state index >= 15 is 0 Å². The molecule has 0 N–H and O–H groups in total. The molecule has 22 heavy (non-hydrogen) atoms. The lowest BCUT2D eigenvalue weighted by atomic mass is 10.6. The second kappa shape index (κ2) is 20.8. The first-order chi connectivity index (χ1) is 10.9. The van der Waals surface area contributed by atoms with E-state index in [0.29, 0.717) is 84.6 Å². The van der Waals surface area contributed by atoms with E-state index < -0.39 is 0 Å². The average molecular weight is 383 g/mol. The van der Waals surface area contributed by atoms with Gasteiger partial charge in [0, 0.05) is 0 Å². The first-order valence-electron chi connectivity index (χ1n) is 7.37. The Labute approximate surface area is 141 Å². The van der Waals surface area contributed by atoms with Gasteiger partial charge in [0.25, 0.3) is 0 Å². The second-order valence-corrected chi connectivity index (χ2v) is 4.57. The van der Waals surface area contributed by atoms with E-state index in [2.05, 4.69) is 21.9 Å². The molecule has 0 saturated carbocycles. The van der Waals surface area contributed by atoms with E-state index in [0.717, 1.165) is 0 Å². The van der Waals surface area contributed by atoms with E-state index in [9.17, 15) is 0 Å². The zero-order chi connectivity index (χ0) is 16.1. The Morgan fingerprint density at radius 3 is 0.773 bits per heavy atom. The van der Waals surface area contributed by atoms with Crippen molar-refractivity contribution in [3.05, 3.63) is 0 Å². The molecule has 0 spiro atoms. The molecule has 0 aromatic carbocycles. The number of hydrogen-bond acceptors (Lipinski definition) is 6. The Balaban J connectivity index is 0.000000980. The normalized spacial score (nSPS) is 20.5. The van der Waals surface area contributed by atoms with Crippen molar-refractivity contribution in [3.63, 3.8) is 0 Å². The largest absolute Gasteiger partial charge is 0.377 e. The van der Waals surface area contributed by atoms with Gasteiger partial charge in [-0.15, -0.1) is 6.42 Å². The first-order valence-corrected chi connectivity index (χ1v) is 8.50. The van der Waals surface area contributed by atoms with E-state index in [1.807, 2.05) is 0 Å². The van der Waals surface area contributed by atoms with Gasteiger partial charge in [0.1, 0.15) is 0 Å². The molecule has 0 radical (unpaired) electrons. The van der Waals surface area contributed by atoms with Gasteiger partial charge in [0.2, 0.25) is 0 Å². The molecule has 0 atom stereocenters. The minimum absolute atomic E-state index is 0.586. The van der Waals surface area contributed by atoms with Crippen molar-refractivity contribution in [3.8, 4) is 12.3 Å². The quantitative estimate of drug-likeness (QED) is 0.462. The summed E-state index contributed by atoms with van der Waals surface area (Å²) < 4.78 is 32.0. The number of alkyl halides is 1. The SMILES string of the molecule is C#CCBr.C1COCCOCCOCCOCCOCCO1. The van der Waals surface area contributed by atoms with Crippen molar-refractivity contribution in [1.82, 2.24) is 0 Å². The number of ether oxygens (including phenoxy) is 6. The summed E-state index contributed by atoms with van der Waals surface area (Å²) in [4.78, 5) is 0. The maximum absolute atomic E-state index is 5.33. The number of rotatable bonds is 0. The summed E-state index contributed by atoms with van der Waals surface area (Å²) in [5.74, 6) is 2.35. The van der Waals surface area contributed by atoms with Crippen molar-refractivity contribution in [2.45, 2.75) is 0 Å². The lowest BCUT2D eigenvalue weighted by Gasteiger charge is -2.09. The number of terminal acetylenes is 1. The van der Waals surface area contributed by atoms with Gasteiger partial charge in [-0.05, 0) is 0 Å². The molecule has 0 aliphatic carbocycles. The Morgan fingerprint density at radius 1 is 0.545 bits per heavy atom. The van der Waals surface area contributed by atoms with Crippen LogP contribution < -0.4 is 0 Å². The highest BCUT2D eigenvalue weighted by molar-refractivity contribution is 9.09. The van der Waals surface area contributed by atoms with Crippen LogP contribution in [0, 0.1) is 12.3 Å². The van der Waals surface area contributed by atoms with E-state index in [1.165, 1.54) is 0 Å². The maximum Gasteiger partial charge on any atom is 0.0701 e. The fraction of sp³-hybridized carbons (Fsp3) is 0.867. The predicted octanol–water partition coefficient (Wildman–Crippen LogP) is 1.11. The highest BCUT2D eigenvalue weighted by atomic mass is 79.9. The lowest BCUT2D eigenvalue weighted by molar-refractivity contribution is -0.0334. The topological polar surface area (TPSA) is 55.4 Å². The van der Waals surface area contributed by atoms with Gasteiger partial charge < -0.3 is 28.4 Å². The molecule has 0 aromatic heterocycles. The van der Waals surface area contributed by atoms with Gasteiger partial charge in [-0.25, -0.2) is 0 Å². The van der Waals surface area contributed by atoms with Crippen LogP contribution in [-0.2, 0) is 28.4 Å². The smallest absolute Gasteiger partial charge is 0.0701 e. The summed E-state index contributed by atoms with van der Waals surface area (Å²) in [6.07, 6.45) is 4.73. The van der Waals surface area contributed by atoms with Crippen LogP contribution in [0.4, 0.5) is 0 Å². The van der Waals surface area contributed by atoms with E-state index in [1.54, 1.807) is 0 Å². The first kappa shape index (κ1) is 21.8. The molecule has 130 valence electrons. The summed E-state index contributed by atoms with van der Waals surface area (Å²) in [6, 6.07) is 0. The molecule has 1 aliphatic heterocycles. The van der Waals surface area contributed by atoms with Crippen molar-refractivity contribution < 1.29 is 28.4 Å². The molecule has 7 heteroatoms. The molecule has 0 aromatic rings. The van der Waals surface area contributed by atoms with Crippen LogP contribution in [0.25, 0.3) is 0 Å². The third-order valence-electron chi connectivity index (χ3n) is 2.31. The zero-order valence-corrected chi connectivity index (χ0v) is 14.7. The van der Waals surface area contributed by atoms with Gasteiger partial charge in [-0.1, -0.05) is 21.9 Å². The molecule has 1 rings (SSSR count). The van der Waals surface area contributed by atoms with Gasteiger partial charge in [0.05, 0.1) is 84.6 Å². The highest BCUT2D eigenvalue weighted by Crippen LogP contribution is 1.86. The zero-order valence-electron chi connectivity index (χ0n) is 13.1. The monoisotopic (exact) mass is 382 g/mol. The molecular weight excluding hydrogens is 356 g/mol. The number of hydrogen-bond donors (Lipinski definition) is 0. The van der Waals surface area contributed by atoms with Crippen LogP contribution in [0.15, 0.2) is 0 Å². The van der Waals surface area contributed by atoms with Crippen molar-refractivity contribution in [1.29, 1.82) is 0 Å². The van der Waals surface area contributed by atoms with Gasteiger partial charge in [-0.3, -0.25) is 0 Å². The predicted molar refractivity (Wildman–Crippen MR) is 87.5 cm³/mol. The Kier molecular flexibility index (Phi) is 20.6. The molecule has 1 aliphatic rings. The van der Waals surface area contributed by atoms with E-state index in [4.69, 9.17) is 34.8 Å². The summed E-state index contributed by atoms with van der Waals surface area (Å²) in [5.41, 5.74) is 0. The van der Waals surface area contributed by atoms with Crippen LogP contribution in [0.1, 0.15) is 0 Å². The van der Waals surface area contributed by atoms with Gasteiger partial charge in [-0.2, -0.15) is 0 Å². The Morgan fingerprint density at radius 2 is 0.682 bits per heavy atom. The van der Waals surface area contributed by atoms with Crippen LogP contribution in [0.2, 0.25) is 0 Å². The summed E-state index contributed by atoms with van der Waals surface area (Å²) in [7, 11) is 0. The van der Waals surface area contributed by atoms with Gasteiger partial charge >= 0.3 is 0 Å². The van der Waals surface area contributed by atoms with Crippen LogP contribution in [0.3, 0.4) is 0 Å². The lowest BCUT2D eigenvalue weighted by Crippen LogP contribution is -2.16. The average Bonchev–Trinajstić information content (AvgIpc) is 2.55. The molecular formula is C15H27BrO6. The van der Waals surface area contributed by atoms with Crippen LogP contribution in [-0.4, -0.2) is 84.6 Å². The molecule has 0 bridgehead atoms. The fourth-order valence-electron chi connectivity index (χ4n) is 1.32. The Hall–Kier alpha value is -0.200. The standard InChI is InChI=1S/C12H24O6.C3H3Br/c1-2-14-5-6-16-9-10-18-12-11-17-8-7-15-4-3-13-1;1-2-3-4/h1-12H2;1H,3H2. The summed E-state index contributed by atoms with van der Waals surface area (Å²) >= 11 is 3.01. The molecule has 0 amide bonds. The summed E-state index contributed by atoms with van der Waals surface area (Å²) in [5, 5.41) is 0.660. The molecule has 1 saturated heterocycles. The summed E-state index contributed by atoms with van der Waals surface area (Å²) in [6.45, 7) is 7.04. The van der Waals surface area contributed by atoms with Crippen molar-refractivity contribution in [2.75, 3.05) is 84.6 Å². The third kappa shape index (κ3) is 19.8. The molecule has 6 nitrogen and oxygen atoms in total. The van der Waals surface area contributed by atoms with Crippen LogP contribution >= 0.6 is 15.9 Å². The maximum atomic E-state index is 5.33. The molecule has 0 unspecified atom stereocenters. The Bertz CT molecular complexity index is 172. The molecule has 1 heterocycles. The fourth-order valence-corrected chi connectivity index (χ4v) is 1.32. The number of halogens is 1. The molecule has 1 fully saturated rings. The second-order valence-electron chi connectivity index (χ2n) is 4.01. The highest BCUT2D eigenvalue weighted by Gasteiger charge is 1.95. The van der Waals surface area contributed by atoms with Gasteiger partial charge in [0.15, 0.2) is 0 Å². The third-order valence-corrected chi connectivity index (χ3v) is 2.63. The van der Waals surface area contributed by atoms with Crippen molar-refractivity contribution in [2.24, 2.45) is 0 Å². The minimum atomic E-state index is 0.586. The van der Waals surface area contributed by atoms with E-state index in [-0.39, 0.29) is 0 Å². The van der Waals surface area contributed by atoms with Crippen LogP contribution in [0.5, 0.6) is 0 Å².